The lowest BCUT2D eigenvalue weighted by Gasteiger charge is -2.11. The Morgan fingerprint density at radius 1 is 1.14 bits per heavy atom. The van der Waals surface area contributed by atoms with Crippen LogP contribution in [-0.2, 0) is 4.79 Å². The van der Waals surface area contributed by atoms with Gasteiger partial charge in [-0.25, -0.2) is 4.98 Å². The minimum absolute atomic E-state index is 0.107. The number of carbonyl (C=O) groups is 1. The highest BCUT2D eigenvalue weighted by Gasteiger charge is 2.12. The van der Waals surface area contributed by atoms with Gasteiger partial charge >= 0.3 is 0 Å². The summed E-state index contributed by atoms with van der Waals surface area (Å²) >= 11 is 8.97. The summed E-state index contributed by atoms with van der Waals surface area (Å²) in [6.07, 6.45) is 0. The number of halogens is 1. The summed E-state index contributed by atoms with van der Waals surface area (Å²) in [6.45, 7) is 0. The molecule has 1 aromatic heterocycles. The van der Waals surface area contributed by atoms with Gasteiger partial charge in [0, 0.05) is 15.5 Å². The Kier molecular flexibility index (Phi) is 6.04. The first-order valence-electron chi connectivity index (χ1n) is 8.84. The monoisotopic (exact) mass is 440 g/mol. The van der Waals surface area contributed by atoms with Crippen molar-refractivity contribution < 1.29 is 9.53 Å². The maximum absolute atomic E-state index is 12.5. The van der Waals surface area contributed by atoms with Gasteiger partial charge in [0.15, 0.2) is 0 Å². The minimum atomic E-state index is -0.107. The van der Waals surface area contributed by atoms with Gasteiger partial charge in [-0.1, -0.05) is 23.7 Å². The number of benzene rings is 3. The SMILES string of the molecule is COc1ccc(-c2nc3ccccc3s2)cc1NC(=O)CSc1ccc(Cl)cc1. The smallest absolute Gasteiger partial charge is 0.234 e. The summed E-state index contributed by atoms with van der Waals surface area (Å²) in [5.74, 6) is 0.792. The highest BCUT2D eigenvalue weighted by atomic mass is 35.5. The van der Waals surface area contributed by atoms with E-state index < -0.39 is 0 Å². The molecule has 1 heterocycles. The van der Waals surface area contributed by atoms with E-state index in [1.165, 1.54) is 11.8 Å². The van der Waals surface area contributed by atoms with Gasteiger partial charge in [0.2, 0.25) is 5.91 Å². The Balaban J connectivity index is 1.51. The second-order valence-electron chi connectivity index (χ2n) is 6.19. The Hall–Kier alpha value is -2.54. The van der Waals surface area contributed by atoms with Crippen LogP contribution in [0.4, 0.5) is 5.69 Å². The van der Waals surface area contributed by atoms with E-state index in [1.54, 1.807) is 18.4 Å². The standard InChI is InChI=1S/C22H17ClN2O2S2/c1-27-19-11-6-14(22-25-17-4-2-3-5-20(17)29-22)12-18(19)24-21(26)13-28-16-9-7-15(23)8-10-16/h2-12H,13H2,1H3,(H,24,26). The van der Waals surface area contributed by atoms with Gasteiger partial charge in [-0.05, 0) is 54.6 Å². The van der Waals surface area contributed by atoms with Crippen molar-refractivity contribution in [3.63, 3.8) is 0 Å². The zero-order chi connectivity index (χ0) is 20.2. The Labute approximate surface area is 181 Å². The summed E-state index contributed by atoms with van der Waals surface area (Å²) in [4.78, 5) is 18.2. The molecule has 146 valence electrons. The zero-order valence-corrected chi connectivity index (χ0v) is 17.9. The molecular formula is C22H17ClN2O2S2. The van der Waals surface area contributed by atoms with Gasteiger partial charge in [-0.15, -0.1) is 23.1 Å². The van der Waals surface area contributed by atoms with Crippen LogP contribution in [-0.4, -0.2) is 23.8 Å². The molecule has 0 aliphatic carbocycles. The maximum Gasteiger partial charge on any atom is 0.234 e. The molecule has 0 saturated heterocycles. The summed E-state index contributed by atoms with van der Waals surface area (Å²) in [7, 11) is 1.59. The van der Waals surface area contributed by atoms with Crippen LogP contribution >= 0.6 is 34.7 Å². The first-order valence-corrected chi connectivity index (χ1v) is 11.0. The van der Waals surface area contributed by atoms with Crippen molar-refractivity contribution in [2.75, 3.05) is 18.2 Å². The lowest BCUT2D eigenvalue weighted by Crippen LogP contribution is -2.14. The first kappa shape index (κ1) is 19.8. The molecule has 1 amide bonds. The fourth-order valence-electron chi connectivity index (χ4n) is 2.80. The van der Waals surface area contributed by atoms with Gasteiger partial charge in [0.25, 0.3) is 0 Å². The van der Waals surface area contributed by atoms with Crippen LogP contribution in [0.15, 0.2) is 71.6 Å². The van der Waals surface area contributed by atoms with Crippen LogP contribution in [0.2, 0.25) is 5.02 Å². The topological polar surface area (TPSA) is 51.2 Å². The first-order chi connectivity index (χ1) is 14.1. The van der Waals surface area contributed by atoms with Crippen molar-refractivity contribution in [3.05, 3.63) is 71.8 Å². The highest BCUT2D eigenvalue weighted by molar-refractivity contribution is 8.00. The number of thiazole rings is 1. The molecule has 0 aliphatic rings. The molecule has 0 fully saturated rings. The third-order valence-corrected chi connectivity index (χ3v) is 6.55. The number of anilines is 1. The van der Waals surface area contributed by atoms with Crippen molar-refractivity contribution in [1.82, 2.24) is 4.98 Å². The largest absolute Gasteiger partial charge is 0.495 e. The number of amides is 1. The molecule has 3 aromatic carbocycles. The Bertz CT molecular complexity index is 1130. The number of nitrogens with zero attached hydrogens (tertiary/aromatic N) is 1. The van der Waals surface area contributed by atoms with Crippen LogP contribution in [0, 0.1) is 0 Å². The molecule has 0 aliphatic heterocycles. The molecule has 0 spiro atoms. The molecule has 4 aromatic rings. The number of nitrogens with one attached hydrogen (secondary N) is 1. The number of hydrogen-bond acceptors (Lipinski definition) is 5. The third-order valence-electron chi connectivity index (χ3n) is 4.20. The Morgan fingerprint density at radius 3 is 2.69 bits per heavy atom. The van der Waals surface area contributed by atoms with E-state index in [4.69, 9.17) is 21.3 Å². The number of fused-ring (bicyclic) bond motifs is 1. The zero-order valence-electron chi connectivity index (χ0n) is 15.5. The number of hydrogen-bond donors (Lipinski definition) is 1. The van der Waals surface area contributed by atoms with Crippen LogP contribution in [0.25, 0.3) is 20.8 Å². The lowest BCUT2D eigenvalue weighted by molar-refractivity contribution is -0.113. The van der Waals surface area contributed by atoms with Crippen LogP contribution in [0.1, 0.15) is 0 Å². The summed E-state index contributed by atoms with van der Waals surface area (Å²) in [5.41, 5.74) is 2.53. The normalized spacial score (nSPS) is 10.8. The van der Waals surface area contributed by atoms with Crippen molar-refractivity contribution in [2.45, 2.75) is 4.90 Å². The molecule has 29 heavy (non-hydrogen) atoms. The minimum Gasteiger partial charge on any atom is -0.495 e. The third kappa shape index (κ3) is 4.72. The van der Waals surface area contributed by atoms with Gasteiger partial charge in [-0.2, -0.15) is 0 Å². The molecule has 0 saturated carbocycles. The summed E-state index contributed by atoms with van der Waals surface area (Å²) in [6, 6.07) is 21.2. The fraction of sp³-hybridized carbons (Fsp3) is 0.0909. The molecule has 1 N–H and O–H groups in total. The molecule has 0 atom stereocenters. The Morgan fingerprint density at radius 2 is 1.93 bits per heavy atom. The number of methoxy groups -OCH3 is 1. The van der Waals surface area contributed by atoms with Crippen molar-refractivity contribution in [1.29, 1.82) is 0 Å². The number of aromatic nitrogens is 1. The number of para-hydroxylation sites is 1. The average molecular weight is 441 g/mol. The molecule has 0 unspecified atom stereocenters. The van der Waals surface area contributed by atoms with E-state index in [2.05, 4.69) is 11.4 Å². The fourth-order valence-corrected chi connectivity index (χ4v) is 4.59. The molecule has 0 bridgehead atoms. The van der Waals surface area contributed by atoms with Crippen LogP contribution < -0.4 is 10.1 Å². The number of thioether (sulfide) groups is 1. The predicted molar refractivity (Wildman–Crippen MR) is 122 cm³/mol. The van der Waals surface area contributed by atoms with Gasteiger partial charge < -0.3 is 10.1 Å². The van der Waals surface area contributed by atoms with Gasteiger partial charge in [0.05, 0.1) is 28.8 Å². The van der Waals surface area contributed by atoms with Crippen LogP contribution in [0.5, 0.6) is 5.75 Å². The molecular weight excluding hydrogens is 424 g/mol. The second kappa shape index (κ2) is 8.86. The molecule has 4 rings (SSSR count). The van der Waals surface area contributed by atoms with E-state index in [0.717, 1.165) is 25.7 Å². The van der Waals surface area contributed by atoms with E-state index in [9.17, 15) is 4.79 Å². The molecule has 4 nitrogen and oxygen atoms in total. The molecule has 0 radical (unpaired) electrons. The van der Waals surface area contributed by atoms with Gasteiger partial charge in [0.1, 0.15) is 10.8 Å². The average Bonchev–Trinajstić information content (AvgIpc) is 3.17. The number of ether oxygens (including phenoxy) is 1. The highest BCUT2D eigenvalue weighted by Crippen LogP contribution is 2.35. The number of carbonyl (C=O) groups excluding carboxylic acids is 1. The van der Waals surface area contributed by atoms with Gasteiger partial charge in [-0.3, -0.25) is 4.79 Å². The van der Waals surface area contributed by atoms with E-state index in [1.807, 2.05) is 60.7 Å². The maximum atomic E-state index is 12.5. The quantitative estimate of drug-likeness (QED) is 0.354. The van der Waals surface area contributed by atoms with Crippen molar-refractivity contribution >= 4 is 56.5 Å². The van der Waals surface area contributed by atoms with Crippen molar-refractivity contribution in [2.24, 2.45) is 0 Å². The van der Waals surface area contributed by atoms with Crippen LogP contribution in [0.3, 0.4) is 0 Å². The predicted octanol–water partition coefficient (Wildman–Crippen LogP) is 6.36. The second-order valence-corrected chi connectivity index (χ2v) is 8.71. The van der Waals surface area contributed by atoms with E-state index >= 15 is 0 Å². The molecule has 7 heteroatoms. The summed E-state index contributed by atoms with van der Waals surface area (Å²) < 4.78 is 6.55. The summed E-state index contributed by atoms with van der Waals surface area (Å²) in [5, 5.41) is 4.53. The lowest BCUT2D eigenvalue weighted by atomic mass is 10.2. The van der Waals surface area contributed by atoms with E-state index in [-0.39, 0.29) is 11.7 Å². The van der Waals surface area contributed by atoms with E-state index in [0.29, 0.717) is 16.5 Å². The number of rotatable bonds is 6. The van der Waals surface area contributed by atoms with Crippen molar-refractivity contribution in [3.8, 4) is 16.3 Å².